The van der Waals surface area contributed by atoms with Crippen LogP contribution in [0.3, 0.4) is 0 Å². The van der Waals surface area contributed by atoms with Gasteiger partial charge in [0.15, 0.2) is 0 Å². The van der Waals surface area contributed by atoms with Gasteiger partial charge in [0.05, 0.1) is 37.6 Å². The molecule has 10 nitrogen and oxygen atoms in total. The maximum absolute atomic E-state index is 12.1. The third-order valence-electron chi connectivity index (χ3n) is 5.51. The fraction of sp³-hybridized carbons (Fsp3) is 0.400. The molecule has 44 heavy (non-hydrogen) atoms. The van der Waals surface area contributed by atoms with Crippen molar-refractivity contribution in [2.45, 2.75) is 72.3 Å². The highest BCUT2D eigenvalue weighted by Gasteiger charge is 2.25. The highest BCUT2D eigenvalue weighted by molar-refractivity contribution is 6.37. The second-order valence-electron chi connectivity index (χ2n) is 11.8. The standard InChI is InChI=1S/C15H18Cl2N2O3.C15H14Cl2N2O3/c1-8(2)21-12-7-11(9(16)6-10(12)17)19-14(20)22-13(18-19)15(3,4)5;1-5-6-21-12-8-11(9(16)7-10(12)17)19-14(20)22-13(18-19)15(2,3)4/h6-8H,1-5H3;1,7-8H,6H2,2-4H3. The molecule has 0 N–H and O–H groups in total. The van der Waals surface area contributed by atoms with Crippen molar-refractivity contribution in [2.24, 2.45) is 0 Å². The van der Waals surface area contributed by atoms with E-state index in [0.717, 1.165) is 9.36 Å². The summed E-state index contributed by atoms with van der Waals surface area (Å²) in [4.78, 5) is 24.1. The molecule has 0 aliphatic carbocycles. The van der Waals surface area contributed by atoms with Crippen LogP contribution in [0.1, 0.15) is 67.2 Å². The fourth-order valence-electron chi connectivity index (χ4n) is 3.40. The number of hydrogen-bond acceptors (Lipinski definition) is 8. The molecule has 0 saturated heterocycles. The Hall–Kier alpha value is -3.36. The molecule has 0 bridgehead atoms. The predicted molar refractivity (Wildman–Crippen MR) is 172 cm³/mol. The van der Waals surface area contributed by atoms with Crippen LogP contribution in [0.25, 0.3) is 11.4 Å². The summed E-state index contributed by atoms with van der Waals surface area (Å²) < 4.78 is 23.5. The van der Waals surface area contributed by atoms with E-state index in [1.54, 1.807) is 6.07 Å². The fourth-order valence-corrected chi connectivity index (χ4v) is 4.43. The van der Waals surface area contributed by atoms with Gasteiger partial charge in [-0.05, 0) is 26.0 Å². The molecule has 2 heterocycles. The second-order valence-corrected chi connectivity index (χ2v) is 13.4. The first kappa shape index (κ1) is 35.1. The Labute approximate surface area is 274 Å². The van der Waals surface area contributed by atoms with E-state index in [4.69, 9.17) is 71.1 Å². The highest BCUT2D eigenvalue weighted by Crippen LogP contribution is 2.34. The molecule has 4 rings (SSSR count). The molecule has 0 fully saturated rings. The largest absolute Gasteiger partial charge is 0.489 e. The van der Waals surface area contributed by atoms with Crippen molar-refractivity contribution in [1.82, 2.24) is 19.6 Å². The third-order valence-corrected chi connectivity index (χ3v) is 6.71. The van der Waals surface area contributed by atoms with E-state index in [0.29, 0.717) is 39.7 Å². The van der Waals surface area contributed by atoms with E-state index in [9.17, 15) is 9.59 Å². The Kier molecular flexibility index (Phi) is 11.0. The van der Waals surface area contributed by atoms with Crippen molar-refractivity contribution in [3.8, 4) is 35.2 Å². The van der Waals surface area contributed by atoms with Gasteiger partial charge in [0.2, 0.25) is 11.8 Å². The summed E-state index contributed by atoms with van der Waals surface area (Å²) in [6, 6.07) is 6.07. The van der Waals surface area contributed by atoms with Gasteiger partial charge >= 0.3 is 11.5 Å². The Morgan fingerprint density at radius 1 is 0.773 bits per heavy atom. The third kappa shape index (κ3) is 8.42. The van der Waals surface area contributed by atoms with E-state index < -0.39 is 16.9 Å². The number of rotatable bonds is 6. The van der Waals surface area contributed by atoms with Crippen LogP contribution in [-0.4, -0.2) is 32.3 Å². The minimum Gasteiger partial charge on any atom is -0.489 e. The highest BCUT2D eigenvalue weighted by atomic mass is 35.5. The van der Waals surface area contributed by atoms with Crippen LogP contribution in [0.4, 0.5) is 0 Å². The normalized spacial score (nSPS) is 11.6. The van der Waals surface area contributed by atoms with Gasteiger partial charge in [0, 0.05) is 23.0 Å². The van der Waals surface area contributed by atoms with Gasteiger partial charge in [-0.1, -0.05) is 93.9 Å². The molecular weight excluding hydrogens is 654 g/mol. The van der Waals surface area contributed by atoms with E-state index >= 15 is 0 Å². The topological polar surface area (TPSA) is 115 Å². The van der Waals surface area contributed by atoms with E-state index in [2.05, 4.69) is 16.1 Å². The van der Waals surface area contributed by atoms with Crippen molar-refractivity contribution in [2.75, 3.05) is 6.61 Å². The molecule has 0 aliphatic heterocycles. The monoisotopic (exact) mass is 684 g/mol. The lowest BCUT2D eigenvalue weighted by Crippen LogP contribution is -2.15. The van der Waals surface area contributed by atoms with E-state index in [-0.39, 0.29) is 33.2 Å². The van der Waals surface area contributed by atoms with Gasteiger partial charge in [-0.2, -0.15) is 9.36 Å². The number of benzene rings is 2. The summed E-state index contributed by atoms with van der Waals surface area (Å²) in [6.07, 6.45) is 5.09. The number of ether oxygens (including phenoxy) is 2. The van der Waals surface area contributed by atoms with Gasteiger partial charge in [-0.15, -0.1) is 16.6 Å². The smallest absolute Gasteiger partial charge is 0.442 e. The van der Waals surface area contributed by atoms with Crippen LogP contribution in [0.5, 0.6) is 11.5 Å². The molecule has 14 heteroatoms. The van der Waals surface area contributed by atoms with Crippen LogP contribution in [0, 0.1) is 12.3 Å². The molecule has 0 radical (unpaired) electrons. The number of halogens is 4. The van der Waals surface area contributed by atoms with Crippen LogP contribution >= 0.6 is 46.4 Å². The zero-order valence-corrected chi connectivity index (χ0v) is 28.4. The summed E-state index contributed by atoms with van der Waals surface area (Å²) >= 11 is 24.5. The number of aromatic nitrogens is 4. The lowest BCUT2D eigenvalue weighted by molar-refractivity contribution is 0.242. The lowest BCUT2D eigenvalue weighted by Gasteiger charge is -2.13. The Balaban J connectivity index is 0.000000240. The van der Waals surface area contributed by atoms with Crippen molar-refractivity contribution in [3.05, 3.63) is 77.2 Å². The molecule has 0 spiro atoms. The van der Waals surface area contributed by atoms with Gasteiger partial charge in [0.25, 0.3) is 0 Å². The molecule has 0 unspecified atom stereocenters. The van der Waals surface area contributed by atoms with Crippen LogP contribution in [-0.2, 0) is 10.8 Å². The first-order chi connectivity index (χ1) is 20.3. The molecule has 0 aliphatic rings. The Bertz CT molecular complexity index is 1800. The predicted octanol–water partition coefficient (Wildman–Crippen LogP) is 7.66. The number of terminal acetylenes is 1. The molecule has 0 amide bonds. The summed E-state index contributed by atoms with van der Waals surface area (Å²) in [5.74, 6) is 2.46. The maximum Gasteiger partial charge on any atom is 0.442 e. The lowest BCUT2D eigenvalue weighted by atomic mass is 9.97. The van der Waals surface area contributed by atoms with Gasteiger partial charge in [0.1, 0.15) is 18.1 Å². The van der Waals surface area contributed by atoms with E-state index in [1.807, 2.05) is 55.4 Å². The molecule has 2 aromatic carbocycles. The molecular formula is C30H32Cl4N4O6. The molecule has 0 atom stereocenters. The summed E-state index contributed by atoms with van der Waals surface area (Å²) in [7, 11) is 0. The van der Waals surface area contributed by atoms with E-state index in [1.165, 1.54) is 18.2 Å². The van der Waals surface area contributed by atoms with Crippen molar-refractivity contribution >= 4 is 46.4 Å². The quantitative estimate of drug-likeness (QED) is 0.190. The molecule has 0 saturated carbocycles. The maximum atomic E-state index is 12.1. The van der Waals surface area contributed by atoms with Gasteiger partial charge in [-0.25, -0.2) is 9.59 Å². The average Bonchev–Trinajstić information content (AvgIpc) is 3.48. The molecule has 2 aromatic heterocycles. The first-order valence-corrected chi connectivity index (χ1v) is 14.8. The summed E-state index contributed by atoms with van der Waals surface area (Å²) in [5.41, 5.74) is -0.125. The summed E-state index contributed by atoms with van der Waals surface area (Å²) in [5, 5.41) is 9.59. The zero-order chi connectivity index (χ0) is 33.1. The van der Waals surface area contributed by atoms with Crippen molar-refractivity contribution < 1.29 is 18.3 Å². The average molecular weight is 686 g/mol. The minimum absolute atomic E-state index is 0.0434. The molecule has 4 aromatic rings. The van der Waals surface area contributed by atoms with Crippen LogP contribution in [0.2, 0.25) is 20.1 Å². The number of nitrogens with zero attached hydrogens (tertiary/aromatic N) is 4. The molecule has 236 valence electrons. The van der Waals surface area contributed by atoms with Crippen molar-refractivity contribution in [1.29, 1.82) is 0 Å². The van der Waals surface area contributed by atoms with Crippen LogP contribution < -0.4 is 21.0 Å². The second kappa shape index (κ2) is 13.7. The number of hydrogen-bond donors (Lipinski definition) is 0. The Morgan fingerprint density at radius 2 is 1.18 bits per heavy atom. The van der Waals surface area contributed by atoms with Crippen LogP contribution in [0.15, 0.2) is 42.7 Å². The summed E-state index contributed by atoms with van der Waals surface area (Å²) in [6.45, 7) is 15.2. The SMILES string of the molecule is C#CCOc1cc(-n2nc(C(C)(C)C)oc2=O)c(Cl)cc1Cl.CC(C)Oc1cc(-n2nc(C(C)(C)C)oc2=O)c(Cl)cc1Cl. The van der Waals surface area contributed by atoms with Gasteiger partial charge in [-0.3, -0.25) is 0 Å². The Morgan fingerprint density at radius 3 is 1.55 bits per heavy atom. The first-order valence-electron chi connectivity index (χ1n) is 13.3. The van der Waals surface area contributed by atoms with Crippen molar-refractivity contribution in [3.63, 3.8) is 0 Å². The van der Waals surface area contributed by atoms with Gasteiger partial charge < -0.3 is 18.3 Å². The minimum atomic E-state index is -0.642. The zero-order valence-electron chi connectivity index (χ0n) is 25.4.